The van der Waals surface area contributed by atoms with E-state index in [-0.39, 0.29) is 11.7 Å². The Morgan fingerprint density at radius 2 is 2.00 bits per heavy atom. The van der Waals surface area contributed by atoms with E-state index < -0.39 is 0 Å². The second kappa shape index (κ2) is 5.91. The van der Waals surface area contributed by atoms with Gasteiger partial charge in [0, 0.05) is 12.1 Å². The van der Waals surface area contributed by atoms with Gasteiger partial charge in [0.2, 0.25) is 0 Å². The molecular weight excluding hydrogens is 242 g/mol. The first-order valence-corrected chi connectivity index (χ1v) is 5.89. The minimum absolute atomic E-state index is 0.0778. The Balaban J connectivity index is 2.00. The molecule has 0 unspecified atom stereocenters. The zero-order valence-electron chi connectivity index (χ0n) is 10.6. The van der Waals surface area contributed by atoms with E-state index in [2.05, 4.69) is 5.32 Å². The van der Waals surface area contributed by atoms with Gasteiger partial charge in [0.15, 0.2) is 0 Å². The van der Waals surface area contributed by atoms with Crippen molar-refractivity contribution in [3.05, 3.63) is 59.7 Å². The molecule has 0 aromatic heterocycles. The Bertz CT molecular complexity index is 581. The third kappa shape index (κ3) is 3.48. The maximum Gasteiger partial charge on any atom is 0.251 e. The fourth-order valence-corrected chi connectivity index (χ4v) is 1.71. The summed E-state index contributed by atoms with van der Waals surface area (Å²) in [6, 6.07) is 13.7. The second-order valence-electron chi connectivity index (χ2n) is 4.08. The molecule has 0 radical (unpaired) electrons. The standard InChI is InChI=1S/C15H15NO3/c1-19-14-7-2-4-11(8-14)10-16-15(18)12-5-3-6-13(17)9-12/h2-9,17H,10H2,1H3,(H,16,18). The van der Waals surface area contributed by atoms with Crippen molar-refractivity contribution >= 4 is 5.91 Å². The predicted molar refractivity (Wildman–Crippen MR) is 72.3 cm³/mol. The Labute approximate surface area is 111 Å². The molecule has 0 bridgehead atoms. The van der Waals surface area contributed by atoms with Crippen LogP contribution in [0.25, 0.3) is 0 Å². The van der Waals surface area contributed by atoms with E-state index in [4.69, 9.17) is 4.74 Å². The number of amides is 1. The first kappa shape index (κ1) is 13.0. The Hall–Kier alpha value is -2.49. The molecule has 2 aromatic rings. The summed E-state index contributed by atoms with van der Waals surface area (Å²) in [4.78, 5) is 11.9. The van der Waals surface area contributed by atoms with Crippen LogP contribution < -0.4 is 10.1 Å². The molecular formula is C15H15NO3. The van der Waals surface area contributed by atoms with Crippen LogP contribution in [0.1, 0.15) is 15.9 Å². The van der Waals surface area contributed by atoms with E-state index in [1.165, 1.54) is 12.1 Å². The molecule has 19 heavy (non-hydrogen) atoms. The number of carbonyl (C=O) groups is 1. The maximum absolute atomic E-state index is 11.9. The molecule has 98 valence electrons. The summed E-state index contributed by atoms with van der Waals surface area (Å²) in [5.41, 5.74) is 1.38. The molecule has 2 rings (SSSR count). The fourth-order valence-electron chi connectivity index (χ4n) is 1.71. The third-order valence-electron chi connectivity index (χ3n) is 2.70. The van der Waals surface area contributed by atoms with Crippen molar-refractivity contribution in [2.75, 3.05) is 7.11 Å². The van der Waals surface area contributed by atoms with Gasteiger partial charge < -0.3 is 15.2 Å². The summed E-state index contributed by atoms with van der Waals surface area (Å²) in [5, 5.41) is 12.1. The Morgan fingerprint density at radius 1 is 1.21 bits per heavy atom. The van der Waals surface area contributed by atoms with Gasteiger partial charge in [-0.25, -0.2) is 0 Å². The van der Waals surface area contributed by atoms with Gasteiger partial charge in [-0.3, -0.25) is 4.79 Å². The smallest absolute Gasteiger partial charge is 0.251 e. The highest BCUT2D eigenvalue weighted by molar-refractivity contribution is 5.94. The summed E-state index contributed by atoms with van der Waals surface area (Å²) in [6.07, 6.45) is 0. The molecule has 0 atom stereocenters. The van der Waals surface area contributed by atoms with E-state index in [1.54, 1.807) is 19.2 Å². The molecule has 4 nitrogen and oxygen atoms in total. The molecule has 4 heteroatoms. The van der Waals surface area contributed by atoms with E-state index in [1.807, 2.05) is 24.3 Å². The van der Waals surface area contributed by atoms with Crippen molar-refractivity contribution in [1.29, 1.82) is 0 Å². The van der Waals surface area contributed by atoms with Gasteiger partial charge in [-0.2, -0.15) is 0 Å². The number of methoxy groups -OCH3 is 1. The van der Waals surface area contributed by atoms with E-state index >= 15 is 0 Å². The number of hydrogen-bond donors (Lipinski definition) is 2. The van der Waals surface area contributed by atoms with Crippen LogP contribution in [0, 0.1) is 0 Å². The van der Waals surface area contributed by atoms with Gasteiger partial charge in [-0.05, 0) is 35.9 Å². The van der Waals surface area contributed by atoms with Gasteiger partial charge in [0.05, 0.1) is 7.11 Å². The number of phenols is 1. The second-order valence-corrected chi connectivity index (χ2v) is 4.08. The average Bonchev–Trinajstić information content (AvgIpc) is 2.45. The largest absolute Gasteiger partial charge is 0.508 e. The lowest BCUT2D eigenvalue weighted by molar-refractivity contribution is 0.0950. The molecule has 0 spiro atoms. The maximum atomic E-state index is 11.9. The molecule has 0 fully saturated rings. The number of rotatable bonds is 4. The van der Waals surface area contributed by atoms with Gasteiger partial charge in [0.1, 0.15) is 11.5 Å². The lowest BCUT2D eigenvalue weighted by atomic mass is 10.2. The highest BCUT2D eigenvalue weighted by Crippen LogP contribution is 2.13. The van der Waals surface area contributed by atoms with Crippen LogP contribution >= 0.6 is 0 Å². The van der Waals surface area contributed by atoms with Crippen molar-refractivity contribution in [3.63, 3.8) is 0 Å². The normalized spacial score (nSPS) is 9.95. The monoisotopic (exact) mass is 257 g/mol. The fraction of sp³-hybridized carbons (Fsp3) is 0.133. The van der Waals surface area contributed by atoms with Crippen molar-refractivity contribution < 1.29 is 14.6 Å². The van der Waals surface area contributed by atoms with Crippen LogP contribution in [0.3, 0.4) is 0 Å². The van der Waals surface area contributed by atoms with Crippen LogP contribution in [0.4, 0.5) is 0 Å². The lowest BCUT2D eigenvalue weighted by Gasteiger charge is -2.07. The minimum Gasteiger partial charge on any atom is -0.508 e. The molecule has 0 saturated carbocycles. The van der Waals surface area contributed by atoms with Crippen LogP contribution in [-0.2, 0) is 6.54 Å². The van der Waals surface area contributed by atoms with Crippen molar-refractivity contribution in [2.24, 2.45) is 0 Å². The topological polar surface area (TPSA) is 58.6 Å². The molecule has 2 N–H and O–H groups in total. The first-order valence-electron chi connectivity index (χ1n) is 5.89. The van der Waals surface area contributed by atoms with Crippen molar-refractivity contribution in [1.82, 2.24) is 5.32 Å². The Kier molecular flexibility index (Phi) is 4.03. The van der Waals surface area contributed by atoms with E-state index in [0.29, 0.717) is 12.1 Å². The molecule has 0 aliphatic carbocycles. The predicted octanol–water partition coefficient (Wildman–Crippen LogP) is 2.33. The number of hydrogen-bond acceptors (Lipinski definition) is 3. The van der Waals surface area contributed by atoms with Crippen LogP contribution in [0.2, 0.25) is 0 Å². The van der Waals surface area contributed by atoms with Gasteiger partial charge in [0.25, 0.3) is 5.91 Å². The average molecular weight is 257 g/mol. The van der Waals surface area contributed by atoms with Crippen LogP contribution in [0.15, 0.2) is 48.5 Å². The summed E-state index contributed by atoms with van der Waals surface area (Å²) in [7, 11) is 1.60. The number of carbonyl (C=O) groups excluding carboxylic acids is 1. The zero-order valence-corrected chi connectivity index (χ0v) is 10.6. The quantitative estimate of drug-likeness (QED) is 0.883. The summed E-state index contributed by atoms with van der Waals surface area (Å²) < 4.78 is 5.12. The van der Waals surface area contributed by atoms with Gasteiger partial charge in [-0.1, -0.05) is 18.2 Å². The van der Waals surface area contributed by atoms with Crippen LogP contribution in [-0.4, -0.2) is 18.1 Å². The lowest BCUT2D eigenvalue weighted by Crippen LogP contribution is -2.22. The highest BCUT2D eigenvalue weighted by Gasteiger charge is 2.05. The third-order valence-corrected chi connectivity index (χ3v) is 2.70. The molecule has 0 saturated heterocycles. The molecule has 1 amide bonds. The number of benzene rings is 2. The van der Waals surface area contributed by atoms with E-state index in [0.717, 1.165) is 11.3 Å². The highest BCUT2D eigenvalue weighted by atomic mass is 16.5. The first-order chi connectivity index (χ1) is 9.19. The van der Waals surface area contributed by atoms with Crippen molar-refractivity contribution in [3.8, 4) is 11.5 Å². The Morgan fingerprint density at radius 3 is 2.74 bits per heavy atom. The number of phenolic OH excluding ortho intramolecular Hbond substituents is 1. The van der Waals surface area contributed by atoms with Gasteiger partial charge in [-0.15, -0.1) is 0 Å². The van der Waals surface area contributed by atoms with Gasteiger partial charge >= 0.3 is 0 Å². The van der Waals surface area contributed by atoms with E-state index in [9.17, 15) is 9.90 Å². The summed E-state index contributed by atoms with van der Waals surface area (Å²) in [5.74, 6) is 0.608. The molecule has 0 heterocycles. The number of ether oxygens (including phenoxy) is 1. The molecule has 0 aliphatic rings. The zero-order chi connectivity index (χ0) is 13.7. The SMILES string of the molecule is COc1cccc(CNC(=O)c2cccc(O)c2)c1. The molecule has 0 aliphatic heterocycles. The van der Waals surface area contributed by atoms with Crippen LogP contribution in [0.5, 0.6) is 11.5 Å². The molecule has 2 aromatic carbocycles. The minimum atomic E-state index is -0.223. The number of aromatic hydroxyl groups is 1. The summed E-state index contributed by atoms with van der Waals surface area (Å²) in [6.45, 7) is 0.408. The number of nitrogens with one attached hydrogen (secondary N) is 1. The summed E-state index contributed by atoms with van der Waals surface area (Å²) >= 11 is 0. The van der Waals surface area contributed by atoms with Crippen molar-refractivity contribution in [2.45, 2.75) is 6.54 Å².